The molecule has 0 amide bonds. The Hall–Kier alpha value is -2.00. The molecule has 2 aromatic carbocycles. The Balaban J connectivity index is 2.23. The first-order valence-corrected chi connectivity index (χ1v) is 7.46. The number of ether oxygens (including phenoxy) is 1. The van der Waals surface area contributed by atoms with Crippen LogP contribution in [0.25, 0.3) is 0 Å². The van der Waals surface area contributed by atoms with Crippen molar-refractivity contribution in [2.75, 3.05) is 0 Å². The van der Waals surface area contributed by atoms with E-state index < -0.39 is 12.1 Å². The quantitative estimate of drug-likeness (QED) is 0.892. The summed E-state index contributed by atoms with van der Waals surface area (Å²) in [5.74, 6) is -0.414. The van der Waals surface area contributed by atoms with E-state index in [1.54, 1.807) is 6.07 Å². The molecule has 3 nitrogen and oxygen atoms in total. The minimum Gasteiger partial charge on any atom is -0.478 e. The van der Waals surface area contributed by atoms with Crippen LogP contribution in [0.2, 0.25) is 5.02 Å². The Morgan fingerprint density at radius 3 is 2.41 bits per heavy atom. The van der Waals surface area contributed by atoms with Gasteiger partial charge in [-0.3, -0.25) is 0 Å². The van der Waals surface area contributed by atoms with E-state index in [0.717, 1.165) is 22.3 Å². The van der Waals surface area contributed by atoms with Crippen molar-refractivity contribution in [3.8, 4) is 5.75 Å². The minimum absolute atomic E-state index is 0.273. The zero-order valence-electron chi connectivity index (χ0n) is 12.9. The summed E-state index contributed by atoms with van der Waals surface area (Å²) in [5.41, 5.74) is 3.85. The second kappa shape index (κ2) is 6.84. The zero-order valence-corrected chi connectivity index (χ0v) is 13.6. The number of carboxylic acid groups (broad SMARTS) is 1. The highest BCUT2D eigenvalue weighted by Crippen LogP contribution is 2.23. The Kier molecular flexibility index (Phi) is 5.09. The van der Waals surface area contributed by atoms with Gasteiger partial charge in [-0.2, -0.15) is 0 Å². The largest absolute Gasteiger partial charge is 0.478 e. The summed E-state index contributed by atoms with van der Waals surface area (Å²) in [4.78, 5) is 11.5. The van der Waals surface area contributed by atoms with Gasteiger partial charge in [-0.1, -0.05) is 29.8 Å². The highest BCUT2D eigenvalue weighted by Gasteiger charge is 2.21. The van der Waals surface area contributed by atoms with Gasteiger partial charge in [0.15, 0.2) is 6.10 Å². The fourth-order valence-electron chi connectivity index (χ4n) is 2.42. The van der Waals surface area contributed by atoms with Crippen molar-refractivity contribution in [3.63, 3.8) is 0 Å². The Labute approximate surface area is 135 Å². The second-order valence-electron chi connectivity index (χ2n) is 5.50. The molecule has 2 rings (SSSR count). The summed E-state index contributed by atoms with van der Waals surface area (Å²) in [7, 11) is 0. The summed E-state index contributed by atoms with van der Waals surface area (Å²) in [6.07, 6.45) is -0.673. The fourth-order valence-corrected chi connectivity index (χ4v) is 2.61. The third kappa shape index (κ3) is 4.01. The number of halogens is 1. The Morgan fingerprint density at radius 1 is 1.18 bits per heavy atom. The molecule has 0 fully saturated rings. The molecule has 0 aliphatic carbocycles. The first kappa shape index (κ1) is 16.4. The lowest BCUT2D eigenvalue weighted by Gasteiger charge is -2.17. The van der Waals surface area contributed by atoms with E-state index >= 15 is 0 Å². The monoisotopic (exact) mass is 318 g/mol. The molecular weight excluding hydrogens is 300 g/mol. The van der Waals surface area contributed by atoms with E-state index in [9.17, 15) is 9.90 Å². The Bertz CT molecular complexity index is 674. The van der Waals surface area contributed by atoms with Crippen molar-refractivity contribution in [2.24, 2.45) is 0 Å². The second-order valence-corrected chi connectivity index (χ2v) is 5.90. The highest BCUT2D eigenvalue weighted by molar-refractivity contribution is 6.31. The van der Waals surface area contributed by atoms with Crippen molar-refractivity contribution < 1.29 is 14.6 Å². The number of hydrogen-bond donors (Lipinski definition) is 1. The molecule has 0 aliphatic rings. The normalized spacial score (nSPS) is 12.0. The smallest absolute Gasteiger partial charge is 0.345 e. The van der Waals surface area contributed by atoms with Crippen molar-refractivity contribution in [2.45, 2.75) is 33.3 Å². The summed E-state index contributed by atoms with van der Waals surface area (Å²) in [5, 5.41) is 10.1. The molecular formula is C18H19ClO3. The average molecular weight is 319 g/mol. The number of hydrogen-bond acceptors (Lipinski definition) is 2. The van der Waals surface area contributed by atoms with E-state index in [0.29, 0.717) is 10.8 Å². The van der Waals surface area contributed by atoms with Gasteiger partial charge in [-0.15, -0.1) is 0 Å². The van der Waals surface area contributed by atoms with Crippen molar-refractivity contribution in [1.82, 2.24) is 0 Å². The maximum atomic E-state index is 11.5. The predicted molar refractivity (Wildman–Crippen MR) is 87.9 cm³/mol. The summed E-state index contributed by atoms with van der Waals surface area (Å²) < 4.78 is 5.69. The van der Waals surface area contributed by atoms with E-state index in [1.807, 2.05) is 51.1 Å². The summed E-state index contributed by atoms with van der Waals surface area (Å²) in [6.45, 7) is 5.79. The molecule has 0 aliphatic heterocycles. The van der Waals surface area contributed by atoms with Crippen LogP contribution in [0.5, 0.6) is 5.75 Å². The highest BCUT2D eigenvalue weighted by atomic mass is 35.5. The maximum Gasteiger partial charge on any atom is 0.345 e. The van der Waals surface area contributed by atoms with Gasteiger partial charge < -0.3 is 9.84 Å². The first-order valence-electron chi connectivity index (χ1n) is 7.08. The van der Waals surface area contributed by atoms with E-state index in [4.69, 9.17) is 16.3 Å². The van der Waals surface area contributed by atoms with Gasteiger partial charge in [0.1, 0.15) is 5.75 Å². The molecule has 0 saturated carbocycles. The standard InChI is InChI=1S/C18H19ClO3/c1-11-7-12(2)9-15(8-11)22-17(18(20)21)10-14-5-4-6-16(19)13(14)3/h4-9,17H,10H2,1-3H3,(H,20,21). The van der Waals surface area contributed by atoms with Gasteiger partial charge in [0, 0.05) is 11.4 Å². The van der Waals surface area contributed by atoms with Crippen LogP contribution >= 0.6 is 11.6 Å². The van der Waals surface area contributed by atoms with E-state index in [1.165, 1.54) is 0 Å². The SMILES string of the molecule is Cc1cc(C)cc(OC(Cc2cccc(Cl)c2C)C(=O)O)c1. The van der Waals surface area contributed by atoms with Crippen LogP contribution in [0.3, 0.4) is 0 Å². The zero-order chi connectivity index (χ0) is 16.3. The summed E-state index contributed by atoms with van der Waals surface area (Å²) in [6, 6.07) is 11.2. The average Bonchev–Trinajstić information content (AvgIpc) is 2.41. The molecule has 22 heavy (non-hydrogen) atoms. The molecule has 116 valence electrons. The van der Waals surface area contributed by atoms with Crippen LogP contribution in [0.1, 0.15) is 22.3 Å². The molecule has 1 unspecified atom stereocenters. The fraction of sp³-hybridized carbons (Fsp3) is 0.278. The third-order valence-electron chi connectivity index (χ3n) is 3.53. The van der Waals surface area contributed by atoms with E-state index in [2.05, 4.69) is 0 Å². The van der Waals surface area contributed by atoms with E-state index in [-0.39, 0.29) is 6.42 Å². The van der Waals surface area contributed by atoms with Crippen LogP contribution in [-0.2, 0) is 11.2 Å². The molecule has 0 bridgehead atoms. The van der Waals surface area contributed by atoms with Crippen LogP contribution in [0.15, 0.2) is 36.4 Å². The van der Waals surface area contributed by atoms with Gasteiger partial charge in [0.2, 0.25) is 0 Å². The van der Waals surface area contributed by atoms with Crippen LogP contribution in [0, 0.1) is 20.8 Å². The lowest BCUT2D eigenvalue weighted by Crippen LogP contribution is -2.29. The predicted octanol–water partition coefficient (Wildman–Crippen LogP) is 4.34. The third-order valence-corrected chi connectivity index (χ3v) is 3.94. The summed E-state index contributed by atoms with van der Waals surface area (Å²) >= 11 is 6.09. The molecule has 0 aromatic heterocycles. The van der Waals surface area contributed by atoms with Crippen LogP contribution in [-0.4, -0.2) is 17.2 Å². The van der Waals surface area contributed by atoms with Gasteiger partial charge in [0.25, 0.3) is 0 Å². The molecule has 0 spiro atoms. The molecule has 2 aromatic rings. The molecule has 1 N–H and O–H groups in total. The number of aliphatic carboxylic acids is 1. The number of rotatable bonds is 5. The number of carbonyl (C=O) groups is 1. The Morgan fingerprint density at radius 2 is 1.82 bits per heavy atom. The molecule has 1 atom stereocenters. The molecule has 0 heterocycles. The van der Waals surface area contributed by atoms with Crippen molar-refractivity contribution >= 4 is 17.6 Å². The van der Waals surface area contributed by atoms with Gasteiger partial charge in [-0.05, 0) is 61.2 Å². The minimum atomic E-state index is -0.987. The van der Waals surface area contributed by atoms with Gasteiger partial charge in [-0.25, -0.2) is 4.79 Å². The van der Waals surface area contributed by atoms with Crippen LogP contribution < -0.4 is 4.74 Å². The molecule has 4 heteroatoms. The molecule has 0 radical (unpaired) electrons. The number of carboxylic acids is 1. The number of aryl methyl sites for hydroxylation is 2. The molecule has 0 saturated heterocycles. The van der Waals surface area contributed by atoms with Crippen molar-refractivity contribution in [3.05, 3.63) is 63.7 Å². The van der Waals surface area contributed by atoms with Crippen molar-refractivity contribution in [1.29, 1.82) is 0 Å². The lowest BCUT2D eigenvalue weighted by molar-refractivity contribution is -0.145. The topological polar surface area (TPSA) is 46.5 Å². The number of benzene rings is 2. The first-order chi connectivity index (χ1) is 10.4. The van der Waals surface area contributed by atoms with Gasteiger partial charge in [0.05, 0.1) is 0 Å². The van der Waals surface area contributed by atoms with Gasteiger partial charge >= 0.3 is 5.97 Å². The maximum absolute atomic E-state index is 11.5. The lowest BCUT2D eigenvalue weighted by atomic mass is 10.0. The van der Waals surface area contributed by atoms with Crippen LogP contribution in [0.4, 0.5) is 0 Å².